The summed E-state index contributed by atoms with van der Waals surface area (Å²) < 4.78 is 4.49. The maximum absolute atomic E-state index is 10.2. The molecule has 0 aliphatic carbocycles. The van der Waals surface area contributed by atoms with Crippen molar-refractivity contribution >= 4 is 6.16 Å². The summed E-state index contributed by atoms with van der Waals surface area (Å²) in [6, 6.07) is 3.45. The first-order valence-corrected chi connectivity index (χ1v) is 3.98. The summed E-state index contributed by atoms with van der Waals surface area (Å²) in [5.41, 5.74) is 2.99. The van der Waals surface area contributed by atoms with Crippen LogP contribution in [0.3, 0.4) is 0 Å². The molecule has 1 aromatic rings. The molecule has 0 unspecified atom stereocenters. The zero-order valence-electron chi connectivity index (χ0n) is 7.88. The van der Waals surface area contributed by atoms with Crippen molar-refractivity contribution in [3.8, 4) is 5.75 Å². The highest BCUT2D eigenvalue weighted by Crippen LogP contribution is 2.23. The Hall–Kier alpha value is -1.51. The number of benzene rings is 1. The van der Waals surface area contributed by atoms with Gasteiger partial charge in [0.1, 0.15) is 5.75 Å². The molecule has 0 atom stereocenters. The van der Waals surface area contributed by atoms with E-state index >= 15 is 0 Å². The molecule has 69 valence electrons. The number of carbonyl (C=O) groups is 1. The first-order valence-electron chi connectivity index (χ1n) is 3.98. The molecular weight excluding hydrogens is 168 g/mol. The summed E-state index contributed by atoms with van der Waals surface area (Å²) >= 11 is 0. The van der Waals surface area contributed by atoms with Gasteiger partial charge < -0.3 is 4.74 Å². The number of hydrogen-bond donors (Lipinski definition) is 0. The Kier molecular flexibility index (Phi) is 2.56. The van der Waals surface area contributed by atoms with Gasteiger partial charge in [0.25, 0.3) is 0 Å². The van der Waals surface area contributed by atoms with E-state index in [4.69, 9.17) is 0 Å². The van der Waals surface area contributed by atoms with Gasteiger partial charge in [0.05, 0.1) is 0 Å². The van der Waals surface area contributed by atoms with Crippen LogP contribution in [0.5, 0.6) is 5.75 Å². The summed E-state index contributed by atoms with van der Waals surface area (Å²) in [5, 5.41) is 10.2. The average molecular weight is 179 g/mol. The Balaban J connectivity index is 3.10. The molecule has 0 aliphatic rings. The van der Waals surface area contributed by atoms with Crippen molar-refractivity contribution in [1.82, 2.24) is 0 Å². The van der Waals surface area contributed by atoms with Crippen LogP contribution in [0.4, 0.5) is 4.79 Å². The quantitative estimate of drug-likeness (QED) is 0.491. The number of carbonyl (C=O) groups excluding carboxylic acids is 1. The van der Waals surface area contributed by atoms with Crippen molar-refractivity contribution in [1.29, 1.82) is 0 Å². The molecule has 0 aliphatic heterocycles. The van der Waals surface area contributed by atoms with Crippen molar-refractivity contribution in [2.75, 3.05) is 0 Å². The fourth-order valence-electron chi connectivity index (χ4n) is 1.13. The monoisotopic (exact) mass is 179 g/mol. The molecule has 1 aromatic carbocycles. The Morgan fingerprint density at radius 3 is 2.31 bits per heavy atom. The Bertz CT molecular complexity index is 342. The fourth-order valence-corrected chi connectivity index (χ4v) is 1.13. The lowest BCUT2D eigenvalue weighted by atomic mass is 10.0. The molecule has 0 heterocycles. The molecule has 0 fully saturated rings. The van der Waals surface area contributed by atoms with Gasteiger partial charge in [0.15, 0.2) is 0 Å². The molecule has 3 heteroatoms. The van der Waals surface area contributed by atoms with Crippen molar-refractivity contribution in [2.24, 2.45) is 0 Å². The zero-order chi connectivity index (χ0) is 10.0. The van der Waals surface area contributed by atoms with Crippen LogP contribution in [-0.2, 0) is 5.11 Å². The van der Waals surface area contributed by atoms with E-state index < -0.39 is 6.16 Å². The predicted molar refractivity (Wildman–Crippen MR) is 47.4 cm³/mol. The van der Waals surface area contributed by atoms with Gasteiger partial charge in [-0.1, -0.05) is 6.07 Å². The summed E-state index contributed by atoms with van der Waals surface area (Å²) in [6.07, 6.45) is -1.52. The van der Waals surface area contributed by atoms with Crippen molar-refractivity contribution < 1.29 is 14.6 Å². The van der Waals surface area contributed by atoms with Gasteiger partial charge in [0, 0.05) is 0 Å². The largest absolute Gasteiger partial charge is 0.555 e. The molecule has 13 heavy (non-hydrogen) atoms. The van der Waals surface area contributed by atoms with Crippen LogP contribution in [0.2, 0.25) is 0 Å². The molecule has 1 radical (unpaired) electrons. The van der Waals surface area contributed by atoms with Crippen molar-refractivity contribution in [2.45, 2.75) is 20.8 Å². The summed E-state index contributed by atoms with van der Waals surface area (Å²) in [5.74, 6) is 0.350. The third-order valence-electron chi connectivity index (χ3n) is 2.20. The second-order valence-corrected chi connectivity index (χ2v) is 2.98. The van der Waals surface area contributed by atoms with Crippen LogP contribution in [0, 0.1) is 20.8 Å². The maximum Gasteiger partial charge on any atom is 0.555 e. The third kappa shape index (κ3) is 1.99. The lowest BCUT2D eigenvalue weighted by Crippen LogP contribution is -2.03. The summed E-state index contributed by atoms with van der Waals surface area (Å²) in [6.45, 7) is 5.71. The Morgan fingerprint density at radius 1 is 1.15 bits per heavy atom. The van der Waals surface area contributed by atoms with Gasteiger partial charge in [0.2, 0.25) is 0 Å². The van der Waals surface area contributed by atoms with E-state index in [1.807, 2.05) is 26.8 Å². The average Bonchev–Trinajstić information content (AvgIpc) is 2.06. The third-order valence-corrected chi connectivity index (χ3v) is 2.20. The van der Waals surface area contributed by atoms with E-state index in [1.54, 1.807) is 6.07 Å². The number of hydrogen-bond acceptors (Lipinski definition) is 2. The van der Waals surface area contributed by atoms with Crippen LogP contribution in [-0.4, -0.2) is 6.16 Å². The van der Waals surface area contributed by atoms with Crippen molar-refractivity contribution in [3.63, 3.8) is 0 Å². The van der Waals surface area contributed by atoms with E-state index in [0.29, 0.717) is 5.75 Å². The standard InChI is InChI=1S/C10H11O3/c1-6-4-5-9(13-10(11)12)8(3)7(6)2/h4-5H,1-3H3. The lowest BCUT2D eigenvalue weighted by Gasteiger charge is -2.08. The molecule has 3 nitrogen and oxygen atoms in total. The highest BCUT2D eigenvalue weighted by Gasteiger charge is 2.08. The van der Waals surface area contributed by atoms with Gasteiger partial charge >= 0.3 is 6.16 Å². The van der Waals surface area contributed by atoms with Gasteiger partial charge in [-0.3, -0.25) is 0 Å². The van der Waals surface area contributed by atoms with Crippen LogP contribution in [0.1, 0.15) is 16.7 Å². The van der Waals surface area contributed by atoms with Crippen LogP contribution in [0.25, 0.3) is 0 Å². The molecule has 0 saturated heterocycles. The van der Waals surface area contributed by atoms with Crippen molar-refractivity contribution in [3.05, 3.63) is 28.8 Å². The first-order chi connectivity index (χ1) is 6.02. The number of rotatable bonds is 1. The van der Waals surface area contributed by atoms with Gasteiger partial charge in [-0.15, -0.1) is 0 Å². The Morgan fingerprint density at radius 2 is 1.77 bits per heavy atom. The SMILES string of the molecule is Cc1ccc(OC([O])=O)c(C)c1C. The van der Waals surface area contributed by atoms with Crippen LogP contribution < -0.4 is 4.74 Å². The second-order valence-electron chi connectivity index (χ2n) is 2.98. The highest BCUT2D eigenvalue weighted by atomic mass is 16.7. The normalized spacial score (nSPS) is 9.77. The molecule has 0 bridgehead atoms. The first kappa shape index (κ1) is 9.58. The zero-order valence-corrected chi connectivity index (χ0v) is 7.88. The van der Waals surface area contributed by atoms with E-state index in [9.17, 15) is 9.90 Å². The summed E-state index contributed by atoms with van der Waals surface area (Å²) in [7, 11) is 0. The fraction of sp³-hybridized carbons (Fsp3) is 0.300. The van der Waals surface area contributed by atoms with Gasteiger partial charge in [-0.25, -0.2) is 0 Å². The maximum atomic E-state index is 10.2. The summed E-state index contributed by atoms with van der Waals surface area (Å²) in [4.78, 5) is 10.2. The smallest absolute Gasteiger partial charge is 0.392 e. The number of aryl methyl sites for hydroxylation is 1. The van der Waals surface area contributed by atoms with Crippen LogP contribution >= 0.6 is 0 Å². The minimum Gasteiger partial charge on any atom is -0.392 e. The molecule has 0 spiro atoms. The minimum atomic E-state index is -1.52. The molecule has 0 saturated carbocycles. The molecule has 0 N–H and O–H groups in total. The molecular formula is C10H11O3. The van der Waals surface area contributed by atoms with E-state index in [2.05, 4.69) is 4.74 Å². The topological polar surface area (TPSA) is 46.2 Å². The number of ether oxygens (including phenoxy) is 1. The van der Waals surface area contributed by atoms with Gasteiger partial charge in [-0.2, -0.15) is 9.90 Å². The predicted octanol–water partition coefficient (Wildman–Crippen LogP) is 2.54. The van der Waals surface area contributed by atoms with E-state index in [1.165, 1.54) is 0 Å². The Labute approximate surface area is 77.0 Å². The molecule has 0 aromatic heterocycles. The second kappa shape index (κ2) is 3.47. The lowest BCUT2D eigenvalue weighted by molar-refractivity contribution is 0.117. The molecule has 0 amide bonds. The minimum absolute atomic E-state index is 0.350. The van der Waals surface area contributed by atoms with Crippen LogP contribution in [0.15, 0.2) is 12.1 Å². The molecule has 1 rings (SSSR count). The highest BCUT2D eigenvalue weighted by molar-refractivity contribution is 5.62. The van der Waals surface area contributed by atoms with E-state index in [0.717, 1.165) is 16.7 Å². The van der Waals surface area contributed by atoms with Gasteiger partial charge in [-0.05, 0) is 43.5 Å². The van der Waals surface area contributed by atoms with E-state index in [-0.39, 0.29) is 0 Å².